The Morgan fingerprint density at radius 3 is 1.27 bits per heavy atom. The summed E-state index contributed by atoms with van der Waals surface area (Å²) in [5.74, 6) is 1.66. The van der Waals surface area contributed by atoms with Gasteiger partial charge in [0, 0.05) is 55.3 Å². The van der Waals surface area contributed by atoms with Gasteiger partial charge in [-0.2, -0.15) is 0 Å². The molecule has 0 atom stereocenters. The normalized spacial score (nSPS) is 12.6. The molecule has 0 fully saturated rings. The fraction of sp³-hybridized carbons (Fsp3) is 0. The molecular formula is C78H47BN2O3. The van der Waals surface area contributed by atoms with Gasteiger partial charge in [0.2, 0.25) is 0 Å². The molecule has 0 bridgehead atoms. The highest BCUT2D eigenvalue weighted by Gasteiger charge is 2.43. The Morgan fingerprint density at radius 2 is 0.714 bits per heavy atom. The van der Waals surface area contributed by atoms with Crippen molar-refractivity contribution >= 4 is 106 Å². The zero-order chi connectivity index (χ0) is 55.0. The van der Waals surface area contributed by atoms with Crippen LogP contribution >= 0.6 is 0 Å². The lowest BCUT2D eigenvalue weighted by Crippen LogP contribution is -2.59. The predicted octanol–water partition coefficient (Wildman–Crippen LogP) is 19.3. The van der Waals surface area contributed by atoms with Crippen molar-refractivity contribution in [3.63, 3.8) is 0 Å². The van der Waals surface area contributed by atoms with Crippen LogP contribution in [0.15, 0.2) is 294 Å². The second-order valence-electron chi connectivity index (χ2n) is 22.3. The number of aromatic nitrogens is 1. The molecule has 0 spiro atoms. The van der Waals surface area contributed by atoms with Crippen LogP contribution in [0.1, 0.15) is 0 Å². The maximum atomic E-state index is 7.50. The van der Waals surface area contributed by atoms with Gasteiger partial charge in [-0.25, -0.2) is 0 Å². The molecule has 5 nitrogen and oxygen atoms in total. The summed E-state index contributed by atoms with van der Waals surface area (Å²) in [5, 5.41) is 6.75. The van der Waals surface area contributed by atoms with E-state index in [2.05, 4.69) is 295 Å². The lowest BCUT2D eigenvalue weighted by atomic mass is 9.34. The number of fused-ring (bicyclic) bond motifs is 13. The van der Waals surface area contributed by atoms with Crippen LogP contribution in [0.5, 0.6) is 11.5 Å². The maximum absolute atomic E-state index is 7.50. The molecule has 13 aromatic carbocycles. The molecule has 2 aliphatic rings. The van der Waals surface area contributed by atoms with Crippen LogP contribution in [0.25, 0.3) is 127 Å². The summed E-state index contributed by atoms with van der Waals surface area (Å²) in [7, 11) is 0. The first-order valence-corrected chi connectivity index (χ1v) is 28.7. The first-order valence-electron chi connectivity index (χ1n) is 28.7. The van der Waals surface area contributed by atoms with Gasteiger partial charge in [0.15, 0.2) is 0 Å². The summed E-state index contributed by atoms with van der Waals surface area (Å²) in [4.78, 5) is 2.52. The minimum atomic E-state index is -0.169. The summed E-state index contributed by atoms with van der Waals surface area (Å²) in [6, 6.07) is 103. The SMILES string of the molecule is c1ccc(-c2ccc3oc4ccc(-c5ccc6c(c5)Oc5cc(-n7c8ccccc8c8ccccc87)cc7c5B6c5ccc(-c6ccc8oc9ccc(-c%10ccccc%10)cc9c8c6)cc5N7c5ccccc5-c5ccccc5)cc4c3c2)cc1. The Morgan fingerprint density at radius 1 is 0.274 bits per heavy atom. The molecule has 0 aliphatic carbocycles. The van der Waals surface area contributed by atoms with Crippen LogP contribution < -0.4 is 26.0 Å². The summed E-state index contributed by atoms with van der Waals surface area (Å²) >= 11 is 0. The zero-order valence-corrected chi connectivity index (χ0v) is 45.3. The van der Waals surface area contributed by atoms with Crippen LogP contribution in [-0.4, -0.2) is 11.3 Å². The number of hydrogen-bond donors (Lipinski definition) is 0. The van der Waals surface area contributed by atoms with E-state index < -0.39 is 0 Å². The highest BCUT2D eigenvalue weighted by molar-refractivity contribution is 6.99. The van der Waals surface area contributed by atoms with Crippen molar-refractivity contribution in [3.8, 4) is 72.8 Å². The van der Waals surface area contributed by atoms with E-state index in [1.165, 1.54) is 27.4 Å². The molecule has 16 aromatic rings. The van der Waals surface area contributed by atoms with Crippen LogP contribution in [-0.2, 0) is 0 Å². The van der Waals surface area contributed by atoms with E-state index in [4.69, 9.17) is 13.6 Å². The van der Waals surface area contributed by atoms with Crippen molar-refractivity contribution in [3.05, 3.63) is 285 Å². The first-order chi connectivity index (χ1) is 41.6. The Bertz CT molecular complexity index is 5320. The number of nitrogens with zero attached hydrogens (tertiary/aromatic N) is 2. The van der Waals surface area contributed by atoms with Gasteiger partial charge in [0.05, 0.1) is 22.4 Å². The number of ether oxygens (including phenoxy) is 1. The standard InChI is InChI=1S/C78H47BN2O3/c1-4-16-48(17-5-1)51-30-36-72-61(40-51)63-42-53(32-38-74(63)82-72)55-28-34-65-70(44-55)81(67-25-13-10-22-58(67)50-20-8-3-9-21-50)71-46-57(80-68-26-14-11-23-59(68)60-24-12-15-27-69(60)80)47-77-78(71)79(65)66-35-29-56(45-76(66)84-77)54-33-39-75-64(43-54)62-41-52(31-37-73(62)83-75)49-18-6-2-7-19-49/h1-47H. The lowest BCUT2D eigenvalue weighted by molar-refractivity contribution is 0.487. The van der Waals surface area contributed by atoms with Gasteiger partial charge in [-0.1, -0.05) is 194 Å². The van der Waals surface area contributed by atoms with E-state index in [0.717, 1.165) is 145 Å². The molecule has 0 radical (unpaired) electrons. The third-order valence-electron chi connectivity index (χ3n) is 17.6. The molecule has 390 valence electrons. The predicted molar refractivity (Wildman–Crippen MR) is 348 cm³/mol. The second-order valence-corrected chi connectivity index (χ2v) is 22.3. The number of para-hydroxylation sites is 3. The number of furan rings is 2. The Kier molecular flexibility index (Phi) is 10.1. The summed E-state index contributed by atoms with van der Waals surface area (Å²) in [6.07, 6.45) is 0. The van der Waals surface area contributed by atoms with Crippen molar-refractivity contribution in [2.24, 2.45) is 0 Å². The fourth-order valence-electron chi connectivity index (χ4n) is 13.7. The van der Waals surface area contributed by atoms with Crippen molar-refractivity contribution in [1.29, 1.82) is 0 Å². The third-order valence-corrected chi connectivity index (χ3v) is 17.6. The molecule has 3 aromatic heterocycles. The molecule has 0 saturated carbocycles. The molecule has 0 unspecified atom stereocenters. The van der Waals surface area contributed by atoms with E-state index in [0.29, 0.717) is 0 Å². The van der Waals surface area contributed by atoms with E-state index >= 15 is 0 Å². The Balaban J connectivity index is 0.865. The van der Waals surface area contributed by atoms with Gasteiger partial charge in [-0.3, -0.25) is 0 Å². The molecule has 5 heterocycles. The lowest BCUT2D eigenvalue weighted by Gasteiger charge is -2.41. The van der Waals surface area contributed by atoms with Crippen LogP contribution in [0.2, 0.25) is 0 Å². The Labute approximate surface area is 484 Å². The largest absolute Gasteiger partial charge is 0.458 e. The second kappa shape index (κ2) is 18.2. The van der Waals surface area contributed by atoms with Gasteiger partial charge in [-0.15, -0.1) is 0 Å². The number of hydrogen-bond acceptors (Lipinski definition) is 4. The molecule has 84 heavy (non-hydrogen) atoms. The van der Waals surface area contributed by atoms with Crippen LogP contribution in [0, 0.1) is 0 Å². The average Bonchev–Trinajstić information content (AvgIpc) is 1.38. The maximum Gasteiger partial charge on any atom is 0.256 e. The number of rotatable bonds is 7. The molecule has 0 N–H and O–H groups in total. The van der Waals surface area contributed by atoms with Crippen molar-refractivity contribution in [1.82, 2.24) is 4.57 Å². The summed E-state index contributed by atoms with van der Waals surface area (Å²) in [5.41, 5.74) is 24.7. The molecule has 0 amide bonds. The van der Waals surface area contributed by atoms with E-state index in [1.54, 1.807) is 0 Å². The first kappa shape index (κ1) is 46.7. The van der Waals surface area contributed by atoms with Crippen molar-refractivity contribution in [2.45, 2.75) is 0 Å². The van der Waals surface area contributed by atoms with Gasteiger partial charge >= 0.3 is 0 Å². The molecular weight excluding hydrogens is 1020 g/mol. The van der Waals surface area contributed by atoms with Gasteiger partial charge in [-0.05, 0) is 151 Å². The third kappa shape index (κ3) is 7.17. The summed E-state index contributed by atoms with van der Waals surface area (Å²) < 4.78 is 22.9. The van der Waals surface area contributed by atoms with Crippen LogP contribution in [0.4, 0.5) is 17.1 Å². The highest BCUT2D eigenvalue weighted by Crippen LogP contribution is 2.48. The quantitative estimate of drug-likeness (QED) is 0.149. The minimum Gasteiger partial charge on any atom is -0.458 e. The zero-order valence-electron chi connectivity index (χ0n) is 45.3. The van der Waals surface area contributed by atoms with Crippen molar-refractivity contribution in [2.75, 3.05) is 4.90 Å². The summed E-state index contributed by atoms with van der Waals surface area (Å²) in [6.45, 7) is -0.169. The van der Waals surface area contributed by atoms with E-state index in [-0.39, 0.29) is 6.71 Å². The van der Waals surface area contributed by atoms with Gasteiger partial charge in [0.1, 0.15) is 33.8 Å². The van der Waals surface area contributed by atoms with E-state index in [1.807, 2.05) is 0 Å². The fourth-order valence-corrected chi connectivity index (χ4v) is 13.7. The van der Waals surface area contributed by atoms with Gasteiger partial charge < -0.3 is 23.0 Å². The minimum absolute atomic E-state index is 0.169. The smallest absolute Gasteiger partial charge is 0.256 e. The molecule has 6 heteroatoms. The molecule has 2 aliphatic heterocycles. The topological polar surface area (TPSA) is 43.7 Å². The number of anilines is 3. The highest BCUT2D eigenvalue weighted by atomic mass is 16.5. The Hall–Kier alpha value is -11.1. The monoisotopic (exact) mass is 1070 g/mol. The van der Waals surface area contributed by atoms with E-state index in [9.17, 15) is 0 Å². The molecule has 0 saturated heterocycles. The number of benzene rings is 13. The van der Waals surface area contributed by atoms with Crippen LogP contribution in [0.3, 0.4) is 0 Å². The van der Waals surface area contributed by atoms with Gasteiger partial charge in [0.25, 0.3) is 6.71 Å². The van der Waals surface area contributed by atoms with Crippen molar-refractivity contribution < 1.29 is 13.6 Å². The average molecular weight is 1070 g/mol. The molecule has 18 rings (SSSR count).